The van der Waals surface area contributed by atoms with E-state index in [2.05, 4.69) is 29.8 Å². The Balaban J connectivity index is 2.03. The van der Waals surface area contributed by atoms with Gasteiger partial charge in [0.05, 0.1) is 18.4 Å². The fourth-order valence-electron chi connectivity index (χ4n) is 3.69. The molecule has 0 radical (unpaired) electrons. The predicted molar refractivity (Wildman–Crippen MR) is 97.6 cm³/mol. The lowest BCUT2D eigenvalue weighted by Gasteiger charge is -2.31. The first-order valence-electron chi connectivity index (χ1n) is 8.62. The second-order valence-corrected chi connectivity index (χ2v) is 7.03. The fraction of sp³-hybridized carbons (Fsp3) is 0.400. The molecule has 1 aliphatic rings. The van der Waals surface area contributed by atoms with Crippen LogP contribution in [0, 0.1) is 5.92 Å². The number of aromatic nitrogens is 3. The van der Waals surface area contributed by atoms with Crippen LogP contribution in [0.3, 0.4) is 0 Å². The maximum absolute atomic E-state index is 10.7. The highest BCUT2D eigenvalue weighted by molar-refractivity contribution is 5.52. The topological polar surface area (TPSA) is 71.2 Å². The van der Waals surface area contributed by atoms with Crippen molar-refractivity contribution < 1.29 is 10.2 Å². The Labute approximate surface area is 148 Å². The number of benzene rings is 1. The molecule has 1 aliphatic carbocycles. The third-order valence-corrected chi connectivity index (χ3v) is 5.14. The molecule has 0 spiro atoms. The third kappa shape index (κ3) is 3.31. The van der Waals surface area contributed by atoms with Crippen LogP contribution < -0.4 is 0 Å². The molecule has 3 atom stereocenters. The zero-order valence-electron chi connectivity index (χ0n) is 15.0. The lowest BCUT2D eigenvalue weighted by Crippen LogP contribution is -2.17. The van der Waals surface area contributed by atoms with E-state index in [9.17, 15) is 10.2 Å². The van der Waals surface area contributed by atoms with Crippen molar-refractivity contribution in [1.82, 2.24) is 15.0 Å². The maximum atomic E-state index is 10.7. The van der Waals surface area contributed by atoms with Crippen molar-refractivity contribution in [1.29, 1.82) is 0 Å². The lowest BCUT2D eigenvalue weighted by atomic mass is 9.73. The summed E-state index contributed by atoms with van der Waals surface area (Å²) in [5.41, 5.74) is 3.69. The van der Waals surface area contributed by atoms with Gasteiger partial charge in [0.1, 0.15) is 11.5 Å². The summed E-state index contributed by atoms with van der Waals surface area (Å²) in [6, 6.07) is 3.23. The average molecular weight is 339 g/mol. The van der Waals surface area contributed by atoms with Gasteiger partial charge in [-0.3, -0.25) is 0 Å². The molecule has 3 rings (SSSR count). The smallest absolute Gasteiger partial charge is 0.123 e. The molecule has 0 fully saturated rings. The molecular weight excluding hydrogens is 314 g/mol. The molecule has 0 aliphatic heterocycles. The standard InChI is InChI=1S/C20H25N3O2/c1-12(2)16-6-5-13(3)9-17(16)20-18(24)10-15(11-19(20)25)14(4)23-21-7-8-22-23/h7-11,14,16-17,24-25H,1,5-6H2,2-4H3. The summed E-state index contributed by atoms with van der Waals surface area (Å²) < 4.78 is 0. The van der Waals surface area contributed by atoms with Gasteiger partial charge in [-0.05, 0) is 57.2 Å². The molecule has 3 unspecified atom stereocenters. The summed E-state index contributed by atoms with van der Waals surface area (Å²) in [6.45, 7) is 10.1. The summed E-state index contributed by atoms with van der Waals surface area (Å²) in [5.74, 6) is 0.377. The maximum Gasteiger partial charge on any atom is 0.123 e. The van der Waals surface area contributed by atoms with Crippen molar-refractivity contribution >= 4 is 0 Å². The van der Waals surface area contributed by atoms with E-state index in [1.807, 2.05) is 13.8 Å². The van der Waals surface area contributed by atoms with Gasteiger partial charge in [0.15, 0.2) is 0 Å². The van der Waals surface area contributed by atoms with Crippen molar-refractivity contribution in [2.24, 2.45) is 5.92 Å². The van der Waals surface area contributed by atoms with Crippen molar-refractivity contribution in [3.8, 4) is 11.5 Å². The number of phenolic OH excluding ortho intramolecular Hbond substituents is 2. The van der Waals surface area contributed by atoms with E-state index < -0.39 is 0 Å². The Morgan fingerprint density at radius 1 is 1.24 bits per heavy atom. The molecule has 0 saturated carbocycles. The van der Waals surface area contributed by atoms with Gasteiger partial charge in [0.25, 0.3) is 0 Å². The van der Waals surface area contributed by atoms with Crippen LogP contribution >= 0.6 is 0 Å². The number of nitrogens with zero attached hydrogens (tertiary/aromatic N) is 3. The van der Waals surface area contributed by atoms with Gasteiger partial charge in [-0.2, -0.15) is 15.0 Å². The summed E-state index contributed by atoms with van der Waals surface area (Å²) in [6.07, 6.45) is 7.37. The zero-order valence-corrected chi connectivity index (χ0v) is 15.0. The Morgan fingerprint density at radius 3 is 2.40 bits per heavy atom. The van der Waals surface area contributed by atoms with Gasteiger partial charge >= 0.3 is 0 Å². The van der Waals surface area contributed by atoms with Crippen LogP contribution in [-0.2, 0) is 0 Å². The molecule has 5 heteroatoms. The van der Waals surface area contributed by atoms with Crippen molar-refractivity contribution in [2.75, 3.05) is 0 Å². The number of phenols is 2. The highest BCUT2D eigenvalue weighted by Crippen LogP contribution is 2.46. The Bertz CT molecular complexity index is 785. The second kappa shape index (κ2) is 6.75. The lowest BCUT2D eigenvalue weighted by molar-refractivity contribution is 0.402. The highest BCUT2D eigenvalue weighted by Gasteiger charge is 2.30. The summed E-state index contributed by atoms with van der Waals surface area (Å²) in [5, 5.41) is 29.6. The Morgan fingerprint density at radius 2 is 1.84 bits per heavy atom. The van der Waals surface area contributed by atoms with Gasteiger partial charge in [-0.15, -0.1) is 0 Å². The minimum atomic E-state index is -0.179. The van der Waals surface area contributed by atoms with E-state index >= 15 is 0 Å². The van der Waals surface area contributed by atoms with Gasteiger partial charge < -0.3 is 10.2 Å². The molecular formula is C20H25N3O2. The molecule has 2 aromatic rings. The van der Waals surface area contributed by atoms with Crippen molar-refractivity contribution in [3.63, 3.8) is 0 Å². The molecule has 0 saturated heterocycles. The fourth-order valence-corrected chi connectivity index (χ4v) is 3.69. The van der Waals surface area contributed by atoms with Crippen LogP contribution in [0.4, 0.5) is 0 Å². The Hall–Kier alpha value is -2.56. The third-order valence-electron chi connectivity index (χ3n) is 5.14. The molecule has 5 nitrogen and oxygen atoms in total. The molecule has 25 heavy (non-hydrogen) atoms. The normalized spacial score (nSPS) is 21.6. The first kappa shape index (κ1) is 17.3. The first-order valence-corrected chi connectivity index (χ1v) is 8.62. The van der Waals surface area contributed by atoms with Crippen LogP contribution in [-0.4, -0.2) is 25.2 Å². The average Bonchev–Trinajstić information content (AvgIpc) is 3.07. The van der Waals surface area contributed by atoms with Crippen LogP contribution in [0.5, 0.6) is 11.5 Å². The first-order chi connectivity index (χ1) is 11.9. The van der Waals surface area contributed by atoms with Gasteiger partial charge in [-0.1, -0.05) is 23.8 Å². The predicted octanol–water partition coefficient (Wildman–Crippen LogP) is 4.31. The van der Waals surface area contributed by atoms with Gasteiger partial charge in [0.2, 0.25) is 0 Å². The molecule has 132 valence electrons. The van der Waals surface area contributed by atoms with E-state index in [-0.39, 0.29) is 29.4 Å². The Kier molecular flexibility index (Phi) is 4.66. The number of rotatable bonds is 4. The van der Waals surface area contributed by atoms with Gasteiger partial charge in [0, 0.05) is 11.5 Å². The summed E-state index contributed by atoms with van der Waals surface area (Å²) in [4.78, 5) is 1.55. The molecule has 1 aromatic heterocycles. The van der Waals surface area contributed by atoms with Crippen molar-refractivity contribution in [2.45, 2.75) is 45.6 Å². The molecule has 0 bridgehead atoms. The van der Waals surface area contributed by atoms with E-state index in [0.29, 0.717) is 5.56 Å². The number of hydrogen-bond acceptors (Lipinski definition) is 4. The van der Waals surface area contributed by atoms with E-state index in [1.54, 1.807) is 29.3 Å². The van der Waals surface area contributed by atoms with Crippen LogP contribution in [0.15, 0.2) is 48.3 Å². The van der Waals surface area contributed by atoms with Crippen LogP contribution in [0.1, 0.15) is 56.7 Å². The van der Waals surface area contributed by atoms with Crippen molar-refractivity contribution in [3.05, 3.63) is 59.5 Å². The van der Waals surface area contributed by atoms with E-state index in [0.717, 1.165) is 24.0 Å². The number of allylic oxidation sites excluding steroid dienone is 3. The number of hydrogen-bond donors (Lipinski definition) is 2. The van der Waals surface area contributed by atoms with E-state index in [1.165, 1.54) is 5.57 Å². The minimum absolute atomic E-state index is 0.0570. The largest absolute Gasteiger partial charge is 0.507 e. The molecule has 0 amide bonds. The monoisotopic (exact) mass is 339 g/mol. The summed E-state index contributed by atoms with van der Waals surface area (Å²) >= 11 is 0. The summed E-state index contributed by atoms with van der Waals surface area (Å²) in [7, 11) is 0. The van der Waals surface area contributed by atoms with Crippen LogP contribution in [0.2, 0.25) is 0 Å². The zero-order chi connectivity index (χ0) is 18.1. The SMILES string of the molecule is C=C(C)C1CCC(C)=CC1c1c(O)cc(C(C)n2nccn2)cc1O. The van der Waals surface area contributed by atoms with E-state index in [4.69, 9.17) is 0 Å². The highest BCUT2D eigenvalue weighted by atomic mass is 16.3. The second-order valence-electron chi connectivity index (χ2n) is 7.03. The number of aromatic hydroxyl groups is 2. The molecule has 1 aromatic carbocycles. The van der Waals surface area contributed by atoms with Gasteiger partial charge in [-0.25, -0.2) is 0 Å². The quantitative estimate of drug-likeness (QED) is 0.814. The molecule has 2 N–H and O–H groups in total. The van der Waals surface area contributed by atoms with Crippen LogP contribution in [0.25, 0.3) is 0 Å². The molecule has 1 heterocycles. The minimum Gasteiger partial charge on any atom is -0.507 e.